The van der Waals surface area contributed by atoms with Crippen LogP contribution in [0.4, 0.5) is 0 Å². The first-order valence-electron chi connectivity index (χ1n) is 9.84. The lowest BCUT2D eigenvalue weighted by Crippen LogP contribution is -2.36. The van der Waals surface area contributed by atoms with Crippen LogP contribution in [0.1, 0.15) is 50.5 Å². The lowest BCUT2D eigenvalue weighted by Gasteiger charge is -2.17. The van der Waals surface area contributed by atoms with Crippen LogP contribution in [0.3, 0.4) is 0 Å². The highest BCUT2D eigenvalue weighted by atomic mass is 32.1. The molecule has 0 bridgehead atoms. The molecular formula is C25H26N2O2S. The predicted molar refractivity (Wildman–Crippen MR) is 123 cm³/mol. The summed E-state index contributed by atoms with van der Waals surface area (Å²) < 4.78 is 0. The fourth-order valence-electron chi connectivity index (χ4n) is 2.97. The fourth-order valence-corrected chi connectivity index (χ4v) is 3.62. The SMILES string of the molecule is Cc1ccc(C(=O)N/C(=C\c2cccs2)C(=O)NC(C)c2ccc(C)c(C)c2)cc1. The highest BCUT2D eigenvalue weighted by Crippen LogP contribution is 2.18. The number of amides is 2. The monoisotopic (exact) mass is 418 g/mol. The average Bonchev–Trinajstić information content (AvgIpc) is 3.23. The minimum absolute atomic E-state index is 0.195. The molecule has 2 aromatic carbocycles. The number of nitrogens with one attached hydrogen (secondary N) is 2. The van der Waals surface area contributed by atoms with Gasteiger partial charge >= 0.3 is 0 Å². The summed E-state index contributed by atoms with van der Waals surface area (Å²) in [5, 5.41) is 7.72. The van der Waals surface area contributed by atoms with Crippen molar-refractivity contribution >= 4 is 29.2 Å². The van der Waals surface area contributed by atoms with E-state index in [0.717, 1.165) is 16.0 Å². The summed E-state index contributed by atoms with van der Waals surface area (Å²) in [7, 11) is 0. The average molecular weight is 419 g/mol. The molecule has 0 fully saturated rings. The predicted octanol–water partition coefficient (Wildman–Crippen LogP) is 5.32. The summed E-state index contributed by atoms with van der Waals surface area (Å²) in [4.78, 5) is 26.6. The Balaban J connectivity index is 1.81. The van der Waals surface area contributed by atoms with Crippen LogP contribution >= 0.6 is 11.3 Å². The van der Waals surface area contributed by atoms with Crippen molar-refractivity contribution in [1.29, 1.82) is 0 Å². The van der Waals surface area contributed by atoms with E-state index in [2.05, 4.69) is 36.6 Å². The Morgan fingerprint density at radius 1 is 0.967 bits per heavy atom. The van der Waals surface area contributed by atoms with E-state index in [1.54, 1.807) is 18.2 Å². The van der Waals surface area contributed by atoms with Crippen molar-refractivity contribution in [2.24, 2.45) is 0 Å². The van der Waals surface area contributed by atoms with E-state index >= 15 is 0 Å². The van der Waals surface area contributed by atoms with Crippen LogP contribution in [0, 0.1) is 20.8 Å². The van der Waals surface area contributed by atoms with E-state index in [4.69, 9.17) is 0 Å². The molecule has 5 heteroatoms. The summed E-state index contributed by atoms with van der Waals surface area (Å²) in [6, 6.07) is 17.0. The Bertz CT molecular complexity index is 1070. The van der Waals surface area contributed by atoms with Gasteiger partial charge in [0.2, 0.25) is 0 Å². The maximum atomic E-state index is 13.0. The first-order valence-corrected chi connectivity index (χ1v) is 10.7. The van der Waals surface area contributed by atoms with E-state index in [9.17, 15) is 9.59 Å². The Morgan fingerprint density at radius 3 is 2.33 bits per heavy atom. The van der Waals surface area contributed by atoms with Gasteiger partial charge in [0.15, 0.2) is 0 Å². The van der Waals surface area contributed by atoms with E-state index in [1.807, 2.05) is 49.6 Å². The van der Waals surface area contributed by atoms with Crippen LogP contribution < -0.4 is 10.6 Å². The Kier molecular flexibility index (Phi) is 6.85. The summed E-state index contributed by atoms with van der Waals surface area (Å²) in [5.41, 5.74) is 5.20. The molecule has 30 heavy (non-hydrogen) atoms. The van der Waals surface area contributed by atoms with Crippen LogP contribution in [0.5, 0.6) is 0 Å². The molecule has 2 N–H and O–H groups in total. The van der Waals surface area contributed by atoms with E-state index in [0.29, 0.717) is 5.56 Å². The third kappa shape index (κ3) is 5.45. The van der Waals surface area contributed by atoms with Crippen molar-refractivity contribution < 1.29 is 9.59 Å². The van der Waals surface area contributed by atoms with Crippen LogP contribution in [0.25, 0.3) is 6.08 Å². The standard InChI is InChI=1S/C25H26N2O2S/c1-16-7-10-20(11-8-16)24(28)27-23(15-22-6-5-13-30-22)25(29)26-19(4)21-12-9-17(2)18(3)14-21/h5-15,19H,1-4H3,(H,26,29)(H,27,28)/b23-15-. The summed E-state index contributed by atoms with van der Waals surface area (Å²) in [6.45, 7) is 8.01. The molecule has 0 aliphatic heterocycles. The molecule has 1 atom stereocenters. The lowest BCUT2D eigenvalue weighted by molar-refractivity contribution is -0.118. The van der Waals surface area contributed by atoms with Crippen molar-refractivity contribution in [3.63, 3.8) is 0 Å². The first kappa shape index (κ1) is 21.5. The lowest BCUT2D eigenvalue weighted by atomic mass is 10.0. The Morgan fingerprint density at radius 2 is 1.70 bits per heavy atom. The van der Waals surface area contributed by atoms with Gasteiger partial charge in [-0.1, -0.05) is 42.0 Å². The maximum Gasteiger partial charge on any atom is 0.268 e. The maximum absolute atomic E-state index is 13.0. The summed E-state index contributed by atoms with van der Waals surface area (Å²) >= 11 is 1.50. The molecule has 0 aliphatic carbocycles. The molecule has 0 radical (unpaired) electrons. The van der Waals surface area contributed by atoms with Crippen LogP contribution in [-0.4, -0.2) is 11.8 Å². The van der Waals surface area contributed by atoms with Crippen molar-refractivity contribution in [2.75, 3.05) is 0 Å². The molecule has 1 aromatic heterocycles. The van der Waals surface area contributed by atoms with Gasteiger partial charge in [0.05, 0.1) is 6.04 Å². The van der Waals surface area contributed by atoms with Crippen LogP contribution in [0.2, 0.25) is 0 Å². The molecule has 3 aromatic rings. The minimum Gasteiger partial charge on any atom is -0.344 e. The van der Waals surface area contributed by atoms with Gasteiger partial charge in [-0.3, -0.25) is 9.59 Å². The molecule has 0 spiro atoms. The molecule has 1 unspecified atom stereocenters. The number of benzene rings is 2. The van der Waals surface area contributed by atoms with Crippen molar-refractivity contribution in [3.8, 4) is 0 Å². The largest absolute Gasteiger partial charge is 0.344 e. The zero-order valence-electron chi connectivity index (χ0n) is 17.7. The second-order valence-corrected chi connectivity index (χ2v) is 8.41. The van der Waals surface area contributed by atoms with Gasteiger partial charge in [-0.05, 0) is 74.0 Å². The van der Waals surface area contributed by atoms with Gasteiger partial charge in [0, 0.05) is 10.4 Å². The topological polar surface area (TPSA) is 58.2 Å². The normalized spacial score (nSPS) is 12.3. The summed E-state index contributed by atoms with van der Waals surface area (Å²) in [5.74, 6) is -0.638. The van der Waals surface area contributed by atoms with Crippen molar-refractivity contribution in [3.05, 3.63) is 98.4 Å². The molecular weight excluding hydrogens is 392 g/mol. The molecule has 0 saturated carbocycles. The van der Waals surface area contributed by atoms with Gasteiger partial charge in [-0.15, -0.1) is 11.3 Å². The van der Waals surface area contributed by atoms with E-state index in [-0.39, 0.29) is 23.6 Å². The molecule has 1 heterocycles. The second kappa shape index (κ2) is 9.55. The van der Waals surface area contributed by atoms with Gasteiger partial charge in [0.1, 0.15) is 5.70 Å². The number of hydrogen-bond acceptors (Lipinski definition) is 3. The van der Waals surface area contributed by atoms with Gasteiger partial charge < -0.3 is 10.6 Å². The van der Waals surface area contributed by atoms with Crippen molar-refractivity contribution in [1.82, 2.24) is 10.6 Å². The molecule has 0 saturated heterocycles. The molecule has 2 amide bonds. The Hall–Kier alpha value is -3.18. The zero-order chi connectivity index (χ0) is 21.7. The van der Waals surface area contributed by atoms with Crippen molar-refractivity contribution in [2.45, 2.75) is 33.7 Å². The molecule has 3 rings (SSSR count). The number of rotatable bonds is 6. The number of aryl methyl sites for hydroxylation is 3. The van der Waals surface area contributed by atoms with Crippen LogP contribution in [-0.2, 0) is 4.79 Å². The quantitative estimate of drug-likeness (QED) is 0.532. The van der Waals surface area contributed by atoms with E-state index < -0.39 is 0 Å². The number of thiophene rings is 1. The Labute approximate surface area is 181 Å². The van der Waals surface area contributed by atoms with Gasteiger partial charge in [-0.25, -0.2) is 0 Å². The van der Waals surface area contributed by atoms with Gasteiger partial charge in [-0.2, -0.15) is 0 Å². The first-order chi connectivity index (χ1) is 14.3. The zero-order valence-corrected chi connectivity index (χ0v) is 18.5. The van der Waals surface area contributed by atoms with Crippen LogP contribution in [0.15, 0.2) is 65.7 Å². The smallest absolute Gasteiger partial charge is 0.268 e. The highest BCUT2D eigenvalue weighted by Gasteiger charge is 2.18. The summed E-state index contributed by atoms with van der Waals surface area (Å²) in [6.07, 6.45) is 1.71. The second-order valence-electron chi connectivity index (χ2n) is 7.43. The third-order valence-corrected chi connectivity index (χ3v) is 5.83. The fraction of sp³-hybridized carbons (Fsp3) is 0.200. The molecule has 0 aliphatic rings. The number of carbonyl (C=O) groups is 2. The van der Waals surface area contributed by atoms with Gasteiger partial charge in [0.25, 0.3) is 11.8 Å². The number of hydrogen-bond donors (Lipinski definition) is 2. The highest BCUT2D eigenvalue weighted by molar-refractivity contribution is 7.10. The minimum atomic E-state index is -0.324. The molecule has 4 nitrogen and oxygen atoms in total. The molecule has 154 valence electrons. The van der Waals surface area contributed by atoms with E-state index in [1.165, 1.54) is 22.5 Å². The third-order valence-electron chi connectivity index (χ3n) is 5.01. The number of carbonyl (C=O) groups excluding carboxylic acids is 2.